The Morgan fingerprint density at radius 2 is 1.94 bits per heavy atom. The molecule has 0 radical (unpaired) electrons. The van der Waals surface area contributed by atoms with Gasteiger partial charge in [0.2, 0.25) is 0 Å². The number of hydrogen-bond donors (Lipinski definition) is 1. The smallest absolute Gasteiger partial charge is 0.326 e. The lowest BCUT2D eigenvalue weighted by Gasteiger charge is -2.26. The lowest BCUT2D eigenvalue weighted by molar-refractivity contribution is -0.147. The molecule has 1 atom stereocenters. The minimum Gasteiger partial charge on any atom is -0.494 e. The second-order valence-corrected chi connectivity index (χ2v) is 4.33. The average Bonchev–Trinajstić information content (AvgIpc) is 2.40. The Labute approximate surface area is 108 Å². The van der Waals surface area contributed by atoms with E-state index < -0.39 is 5.54 Å². The lowest BCUT2D eigenvalue weighted by atomic mass is 9.93. The van der Waals surface area contributed by atoms with Gasteiger partial charge in [-0.15, -0.1) is 0 Å². The Hall–Kier alpha value is -1.55. The van der Waals surface area contributed by atoms with Crippen molar-refractivity contribution in [3.05, 3.63) is 29.8 Å². The van der Waals surface area contributed by atoms with Crippen LogP contribution in [-0.2, 0) is 16.0 Å². The summed E-state index contributed by atoms with van der Waals surface area (Å²) in [6.45, 7) is 4.42. The summed E-state index contributed by atoms with van der Waals surface area (Å²) in [6.07, 6.45) is 0.572. The Balaban J connectivity index is 2.79. The maximum atomic E-state index is 11.7. The monoisotopic (exact) mass is 251 g/mol. The summed E-state index contributed by atoms with van der Waals surface area (Å²) >= 11 is 0. The first-order valence-electron chi connectivity index (χ1n) is 6.04. The molecule has 0 bridgehead atoms. The Morgan fingerprint density at radius 1 is 1.33 bits per heavy atom. The van der Waals surface area contributed by atoms with Crippen LogP contribution in [0.2, 0.25) is 0 Å². The van der Waals surface area contributed by atoms with E-state index in [1.165, 1.54) is 7.11 Å². The molecule has 0 fully saturated rings. The van der Waals surface area contributed by atoms with Crippen molar-refractivity contribution in [2.24, 2.45) is 0 Å². The number of carbonyl (C=O) groups excluding carboxylic acids is 1. The molecule has 18 heavy (non-hydrogen) atoms. The number of carbonyl (C=O) groups is 1. The van der Waals surface area contributed by atoms with Crippen molar-refractivity contribution in [2.45, 2.75) is 25.8 Å². The molecule has 1 aromatic carbocycles. The molecule has 0 saturated carbocycles. The molecular weight excluding hydrogens is 230 g/mol. The van der Waals surface area contributed by atoms with E-state index in [0.717, 1.165) is 11.3 Å². The molecule has 0 aliphatic rings. The fraction of sp³-hybridized carbons (Fsp3) is 0.500. The molecule has 100 valence electrons. The Bertz CT molecular complexity index is 389. The van der Waals surface area contributed by atoms with E-state index in [9.17, 15) is 4.79 Å². The van der Waals surface area contributed by atoms with Gasteiger partial charge < -0.3 is 14.8 Å². The molecule has 4 nitrogen and oxygen atoms in total. The van der Waals surface area contributed by atoms with Gasteiger partial charge in [-0.2, -0.15) is 0 Å². The van der Waals surface area contributed by atoms with Crippen LogP contribution in [0.4, 0.5) is 0 Å². The maximum Gasteiger partial charge on any atom is 0.326 e. The first-order chi connectivity index (χ1) is 8.55. The van der Waals surface area contributed by atoms with E-state index >= 15 is 0 Å². The summed E-state index contributed by atoms with van der Waals surface area (Å²) < 4.78 is 10.2. The number of likely N-dealkylation sites (N-methyl/N-ethyl adjacent to an activating group) is 1. The molecule has 1 aromatic rings. The molecule has 0 aliphatic carbocycles. The molecule has 1 rings (SSSR count). The molecule has 0 amide bonds. The SMILES string of the molecule is CCOc1ccc(C[C@@](C)(NC)C(=O)OC)cc1. The molecule has 0 spiro atoms. The third-order valence-corrected chi connectivity index (χ3v) is 2.98. The van der Waals surface area contributed by atoms with Crippen molar-refractivity contribution in [1.82, 2.24) is 5.32 Å². The quantitative estimate of drug-likeness (QED) is 0.783. The third-order valence-electron chi connectivity index (χ3n) is 2.98. The zero-order chi connectivity index (χ0) is 13.6. The number of nitrogens with one attached hydrogen (secondary N) is 1. The van der Waals surface area contributed by atoms with Gasteiger partial charge in [0.15, 0.2) is 0 Å². The summed E-state index contributed by atoms with van der Waals surface area (Å²) in [4.78, 5) is 11.7. The first-order valence-corrected chi connectivity index (χ1v) is 6.04. The number of rotatable bonds is 6. The van der Waals surface area contributed by atoms with E-state index in [1.54, 1.807) is 7.05 Å². The van der Waals surface area contributed by atoms with Crippen molar-refractivity contribution in [3.8, 4) is 5.75 Å². The van der Waals surface area contributed by atoms with Gasteiger partial charge in [-0.05, 0) is 38.6 Å². The highest BCUT2D eigenvalue weighted by Crippen LogP contribution is 2.18. The lowest BCUT2D eigenvalue weighted by Crippen LogP contribution is -2.50. The molecule has 0 unspecified atom stereocenters. The van der Waals surface area contributed by atoms with Crippen LogP contribution in [-0.4, -0.2) is 32.3 Å². The van der Waals surface area contributed by atoms with Crippen LogP contribution < -0.4 is 10.1 Å². The largest absolute Gasteiger partial charge is 0.494 e. The van der Waals surface area contributed by atoms with Gasteiger partial charge in [-0.25, -0.2) is 0 Å². The zero-order valence-electron chi connectivity index (χ0n) is 11.4. The predicted octanol–water partition coefficient (Wildman–Crippen LogP) is 1.78. The topological polar surface area (TPSA) is 47.6 Å². The van der Waals surface area contributed by atoms with Gasteiger partial charge in [0.25, 0.3) is 0 Å². The van der Waals surface area contributed by atoms with Gasteiger partial charge in [0.05, 0.1) is 13.7 Å². The highest BCUT2D eigenvalue weighted by atomic mass is 16.5. The van der Waals surface area contributed by atoms with Gasteiger partial charge >= 0.3 is 5.97 Å². The zero-order valence-corrected chi connectivity index (χ0v) is 11.4. The van der Waals surface area contributed by atoms with Crippen LogP contribution in [0.3, 0.4) is 0 Å². The van der Waals surface area contributed by atoms with Crippen LogP contribution in [0.25, 0.3) is 0 Å². The molecule has 0 heterocycles. The summed E-state index contributed by atoms with van der Waals surface area (Å²) in [6, 6.07) is 7.74. The average molecular weight is 251 g/mol. The minimum absolute atomic E-state index is 0.265. The summed E-state index contributed by atoms with van der Waals surface area (Å²) in [5, 5.41) is 3.01. The Kier molecular flexibility index (Phi) is 5.16. The van der Waals surface area contributed by atoms with E-state index in [-0.39, 0.29) is 5.97 Å². The van der Waals surface area contributed by atoms with Crippen molar-refractivity contribution >= 4 is 5.97 Å². The first kappa shape index (κ1) is 14.5. The van der Waals surface area contributed by atoms with E-state index in [0.29, 0.717) is 13.0 Å². The fourth-order valence-electron chi connectivity index (χ4n) is 1.77. The van der Waals surface area contributed by atoms with Crippen LogP contribution in [0.15, 0.2) is 24.3 Å². The normalized spacial score (nSPS) is 13.8. The predicted molar refractivity (Wildman–Crippen MR) is 70.8 cm³/mol. The van der Waals surface area contributed by atoms with Crippen LogP contribution in [0, 0.1) is 0 Å². The maximum absolute atomic E-state index is 11.7. The summed E-state index contributed by atoms with van der Waals surface area (Å²) in [5.41, 5.74) is 0.350. The number of esters is 1. The molecule has 4 heteroatoms. The number of ether oxygens (including phenoxy) is 2. The van der Waals surface area contributed by atoms with Gasteiger partial charge in [0.1, 0.15) is 11.3 Å². The standard InChI is InChI=1S/C14H21NO3/c1-5-18-12-8-6-11(7-9-12)10-14(2,15-3)13(16)17-4/h6-9,15H,5,10H2,1-4H3/t14-/m1/s1. The second kappa shape index (κ2) is 6.40. The molecule has 0 aliphatic heterocycles. The van der Waals surface area contributed by atoms with Crippen molar-refractivity contribution < 1.29 is 14.3 Å². The number of hydrogen-bond acceptors (Lipinski definition) is 4. The van der Waals surface area contributed by atoms with E-state index in [2.05, 4.69) is 5.32 Å². The van der Waals surface area contributed by atoms with Gasteiger partial charge in [-0.1, -0.05) is 12.1 Å². The van der Waals surface area contributed by atoms with Gasteiger partial charge in [0, 0.05) is 6.42 Å². The molecule has 0 saturated heterocycles. The van der Waals surface area contributed by atoms with Crippen LogP contribution in [0.1, 0.15) is 19.4 Å². The van der Waals surface area contributed by atoms with Crippen LogP contribution >= 0.6 is 0 Å². The van der Waals surface area contributed by atoms with E-state index in [1.807, 2.05) is 38.1 Å². The van der Waals surface area contributed by atoms with Crippen molar-refractivity contribution in [2.75, 3.05) is 20.8 Å². The van der Waals surface area contributed by atoms with E-state index in [4.69, 9.17) is 9.47 Å². The number of methoxy groups -OCH3 is 1. The van der Waals surface area contributed by atoms with Crippen molar-refractivity contribution in [3.63, 3.8) is 0 Å². The molecule has 0 aromatic heterocycles. The van der Waals surface area contributed by atoms with Crippen LogP contribution in [0.5, 0.6) is 5.75 Å². The minimum atomic E-state index is -0.706. The summed E-state index contributed by atoms with van der Waals surface area (Å²) in [7, 11) is 3.15. The molecular formula is C14H21NO3. The van der Waals surface area contributed by atoms with Gasteiger partial charge in [-0.3, -0.25) is 4.79 Å². The Morgan fingerprint density at radius 3 is 2.39 bits per heavy atom. The van der Waals surface area contributed by atoms with Crippen molar-refractivity contribution in [1.29, 1.82) is 0 Å². The third kappa shape index (κ3) is 3.47. The fourth-order valence-corrected chi connectivity index (χ4v) is 1.77. The highest BCUT2D eigenvalue weighted by molar-refractivity contribution is 5.80. The highest BCUT2D eigenvalue weighted by Gasteiger charge is 2.32. The second-order valence-electron chi connectivity index (χ2n) is 4.33. The summed E-state index contributed by atoms with van der Waals surface area (Å²) in [5.74, 6) is 0.573. The molecule has 1 N–H and O–H groups in total. The number of benzene rings is 1.